The van der Waals surface area contributed by atoms with Gasteiger partial charge in [-0.05, 0) is 13.0 Å². The number of hydrogen-bond acceptors (Lipinski definition) is 3. The maximum atomic E-state index is 13.1. The molecule has 0 heterocycles. The van der Waals surface area contributed by atoms with Crippen molar-refractivity contribution in [2.24, 2.45) is 0 Å². The van der Waals surface area contributed by atoms with Gasteiger partial charge in [0.05, 0.1) is 6.61 Å². The minimum Gasteiger partial charge on any atom is -0.479 e. The van der Waals surface area contributed by atoms with Crippen molar-refractivity contribution in [2.45, 2.75) is 13.0 Å². The van der Waals surface area contributed by atoms with E-state index in [0.29, 0.717) is 0 Å². The van der Waals surface area contributed by atoms with Crippen molar-refractivity contribution < 1.29 is 14.2 Å². The van der Waals surface area contributed by atoms with Gasteiger partial charge in [0.2, 0.25) is 5.90 Å². The Labute approximate surface area is 81.6 Å². The minimum absolute atomic E-state index is 0.0611. The molecule has 1 rings (SSSR count). The largest absolute Gasteiger partial charge is 0.479 e. The van der Waals surface area contributed by atoms with Crippen LogP contribution in [0.3, 0.4) is 0 Å². The van der Waals surface area contributed by atoms with Gasteiger partial charge >= 0.3 is 0 Å². The molecule has 14 heavy (non-hydrogen) atoms. The van der Waals surface area contributed by atoms with Crippen LogP contribution in [-0.2, 0) is 4.74 Å². The summed E-state index contributed by atoms with van der Waals surface area (Å²) in [5.41, 5.74) is 0.0611. The second kappa shape index (κ2) is 4.72. The molecule has 0 spiro atoms. The van der Waals surface area contributed by atoms with Gasteiger partial charge in [0.1, 0.15) is 5.82 Å². The van der Waals surface area contributed by atoms with E-state index in [0.717, 1.165) is 0 Å². The summed E-state index contributed by atoms with van der Waals surface area (Å²) in [6, 6.07) is 5.78. The SMILES string of the molecule is CCOC(=N)[C@H](O)c1ccccc1F. The van der Waals surface area contributed by atoms with Crippen molar-refractivity contribution >= 4 is 5.90 Å². The zero-order valence-electron chi connectivity index (χ0n) is 7.83. The summed E-state index contributed by atoms with van der Waals surface area (Å²) in [4.78, 5) is 0. The molecule has 1 aromatic carbocycles. The van der Waals surface area contributed by atoms with E-state index >= 15 is 0 Å². The molecule has 2 N–H and O–H groups in total. The summed E-state index contributed by atoms with van der Waals surface area (Å²) in [6.07, 6.45) is -1.32. The van der Waals surface area contributed by atoms with Crippen molar-refractivity contribution in [2.75, 3.05) is 6.61 Å². The van der Waals surface area contributed by atoms with Crippen molar-refractivity contribution in [1.29, 1.82) is 5.41 Å². The molecule has 0 saturated carbocycles. The first kappa shape index (κ1) is 10.7. The molecule has 0 aliphatic heterocycles. The van der Waals surface area contributed by atoms with E-state index in [4.69, 9.17) is 10.1 Å². The first-order valence-corrected chi connectivity index (χ1v) is 4.30. The Morgan fingerprint density at radius 1 is 1.57 bits per heavy atom. The third-order valence-corrected chi connectivity index (χ3v) is 1.75. The van der Waals surface area contributed by atoms with E-state index in [9.17, 15) is 9.50 Å². The van der Waals surface area contributed by atoms with Crippen molar-refractivity contribution in [1.82, 2.24) is 0 Å². The summed E-state index contributed by atoms with van der Waals surface area (Å²) < 4.78 is 17.9. The maximum absolute atomic E-state index is 13.1. The minimum atomic E-state index is -1.32. The summed E-state index contributed by atoms with van der Waals surface area (Å²) in [5.74, 6) is -0.873. The predicted molar refractivity (Wildman–Crippen MR) is 50.7 cm³/mol. The third kappa shape index (κ3) is 2.29. The zero-order valence-corrected chi connectivity index (χ0v) is 7.83. The maximum Gasteiger partial charge on any atom is 0.215 e. The molecule has 0 aromatic heterocycles. The fraction of sp³-hybridized carbons (Fsp3) is 0.300. The van der Waals surface area contributed by atoms with Gasteiger partial charge in [0.25, 0.3) is 0 Å². The first-order chi connectivity index (χ1) is 6.66. The van der Waals surface area contributed by atoms with Gasteiger partial charge in [-0.3, -0.25) is 5.41 Å². The number of nitrogens with one attached hydrogen (secondary N) is 1. The number of halogens is 1. The fourth-order valence-corrected chi connectivity index (χ4v) is 1.07. The Balaban J connectivity index is 2.84. The van der Waals surface area contributed by atoms with Crippen LogP contribution in [0.2, 0.25) is 0 Å². The summed E-state index contributed by atoms with van der Waals surface area (Å²) in [7, 11) is 0. The highest BCUT2D eigenvalue weighted by atomic mass is 19.1. The molecule has 0 unspecified atom stereocenters. The van der Waals surface area contributed by atoms with Crippen LogP contribution in [0, 0.1) is 11.2 Å². The summed E-state index contributed by atoms with van der Waals surface area (Å²) in [5, 5.41) is 16.8. The van der Waals surface area contributed by atoms with Crippen LogP contribution >= 0.6 is 0 Å². The lowest BCUT2D eigenvalue weighted by atomic mass is 10.1. The van der Waals surface area contributed by atoms with Crippen LogP contribution in [0.5, 0.6) is 0 Å². The normalized spacial score (nSPS) is 12.2. The standard InChI is InChI=1S/C10H12FNO2/c1-2-14-10(12)9(13)7-5-3-4-6-8(7)11/h3-6,9,12-13H,2H2,1H3/t9-/m1/s1. The molecular formula is C10H12FNO2. The quantitative estimate of drug-likeness (QED) is 0.574. The van der Waals surface area contributed by atoms with Crippen molar-refractivity contribution in [3.8, 4) is 0 Å². The lowest BCUT2D eigenvalue weighted by Crippen LogP contribution is -2.15. The fourth-order valence-electron chi connectivity index (χ4n) is 1.07. The Kier molecular flexibility index (Phi) is 3.59. The molecular weight excluding hydrogens is 185 g/mol. The average molecular weight is 197 g/mol. The van der Waals surface area contributed by atoms with Gasteiger partial charge in [0.15, 0.2) is 6.10 Å². The number of aliphatic hydroxyl groups is 1. The van der Waals surface area contributed by atoms with Crippen LogP contribution in [0.1, 0.15) is 18.6 Å². The summed E-state index contributed by atoms with van der Waals surface area (Å²) >= 11 is 0. The van der Waals surface area contributed by atoms with Gasteiger partial charge in [-0.15, -0.1) is 0 Å². The van der Waals surface area contributed by atoms with Gasteiger partial charge in [-0.25, -0.2) is 4.39 Å². The molecule has 1 aromatic rings. The Morgan fingerprint density at radius 3 is 2.79 bits per heavy atom. The van der Waals surface area contributed by atoms with E-state index in [-0.39, 0.29) is 18.1 Å². The number of aliphatic hydroxyl groups excluding tert-OH is 1. The second-order valence-corrected chi connectivity index (χ2v) is 2.72. The average Bonchev–Trinajstić information content (AvgIpc) is 2.18. The molecule has 0 fully saturated rings. The van der Waals surface area contributed by atoms with E-state index in [1.807, 2.05) is 0 Å². The molecule has 3 nitrogen and oxygen atoms in total. The topological polar surface area (TPSA) is 53.3 Å². The highest BCUT2D eigenvalue weighted by Gasteiger charge is 2.17. The van der Waals surface area contributed by atoms with Gasteiger partial charge < -0.3 is 9.84 Å². The van der Waals surface area contributed by atoms with Crippen molar-refractivity contribution in [3.63, 3.8) is 0 Å². The molecule has 0 saturated heterocycles. The third-order valence-electron chi connectivity index (χ3n) is 1.75. The first-order valence-electron chi connectivity index (χ1n) is 4.30. The lowest BCUT2D eigenvalue weighted by molar-refractivity contribution is 0.187. The van der Waals surface area contributed by atoms with Crippen LogP contribution in [-0.4, -0.2) is 17.6 Å². The van der Waals surface area contributed by atoms with Crippen LogP contribution in [0.25, 0.3) is 0 Å². The van der Waals surface area contributed by atoms with E-state index < -0.39 is 11.9 Å². The smallest absolute Gasteiger partial charge is 0.215 e. The second-order valence-electron chi connectivity index (χ2n) is 2.72. The lowest BCUT2D eigenvalue weighted by Gasteiger charge is -2.12. The van der Waals surface area contributed by atoms with Gasteiger partial charge in [-0.1, -0.05) is 18.2 Å². The molecule has 0 aliphatic carbocycles. The highest BCUT2D eigenvalue weighted by Crippen LogP contribution is 2.17. The molecule has 0 radical (unpaired) electrons. The van der Waals surface area contributed by atoms with Crippen LogP contribution in [0.4, 0.5) is 4.39 Å². The number of hydrogen-bond donors (Lipinski definition) is 2. The number of ether oxygens (including phenoxy) is 1. The zero-order chi connectivity index (χ0) is 10.6. The molecule has 76 valence electrons. The van der Waals surface area contributed by atoms with E-state index in [1.165, 1.54) is 18.2 Å². The summed E-state index contributed by atoms with van der Waals surface area (Å²) in [6.45, 7) is 1.98. The Morgan fingerprint density at radius 2 is 2.21 bits per heavy atom. The molecule has 1 atom stereocenters. The monoisotopic (exact) mass is 197 g/mol. The Bertz CT molecular complexity index is 328. The molecule has 0 bridgehead atoms. The number of benzene rings is 1. The van der Waals surface area contributed by atoms with Crippen LogP contribution in [0.15, 0.2) is 24.3 Å². The van der Waals surface area contributed by atoms with E-state index in [2.05, 4.69) is 0 Å². The van der Waals surface area contributed by atoms with E-state index in [1.54, 1.807) is 13.0 Å². The number of rotatable bonds is 3. The van der Waals surface area contributed by atoms with Gasteiger partial charge in [0, 0.05) is 5.56 Å². The van der Waals surface area contributed by atoms with Gasteiger partial charge in [-0.2, -0.15) is 0 Å². The Hall–Kier alpha value is -1.42. The molecule has 0 aliphatic rings. The predicted octanol–water partition coefficient (Wildman–Crippen LogP) is 1.87. The highest BCUT2D eigenvalue weighted by molar-refractivity contribution is 5.79. The van der Waals surface area contributed by atoms with Crippen molar-refractivity contribution in [3.05, 3.63) is 35.6 Å². The molecule has 0 amide bonds. The van der Waals surface area contributed by atoms with Crippen LogP contribution < -0.4 is 0 Å². The molecule has 4 heteroatoms.